The number of carbonyl (C=O) groups excluding carboxylic acids is 1. The van der Waals surface area contributed by atoms with Crippen molar-refractivity contribution < 1.29 is 39.6 Å². The quantitative estimate of drug-likeness (QED) is 0.476. The van der Waals surface area contributed by atoms with E-state index in [4.69, 9.17) is 0 Å². The van der Waals surface area contributed by atoms with Gasteiger partial charge in [0, 0.05) is 18.5 Å². The van der Waals surface area contributed by atoms with Crippen LogP contribution in [0.1, 0.15) is 17.7 Å². The lowest BCUT2D eigenvalue weighted by atomic mass is 10.1. The number of nitrogens with one attached hydrogen (secondary N) is 1. The van der Waals surface area contributed by atoms with Gasteiger partial charge in [0.1, 0.15) is 18.5 Å². The summed E-state index contributed by atoms with van der Waals surface area (Å²) in [5, 5.41) is 2.46. The fourth-order valence-corrected chi connectivity index (χ4v) is 5.45. The molecule has 0 spiro atoms. The fraction of sp³-hybridized carbons (Fsp3) is 0.261. The van der Waals surface area contributed by atoms with Gasteiger partial charge in [0.15, 0.2) is 11.6 Å². The molecule has 2 heterocycles. The molecule has 37 heavy (non-hydrogen) atoms. The molecule has 2 aromatic carbocycles. The first-order chi connectivity index (χ1) is 17.4. The number of nitrogens with zero attached hydrogens (tertiary/aromatic N) is 3. The lowest BCUT2D eigenvalue weighted by Crippen LogP contribution is -2.45. The van der Waals surface area contributed by atoms with E-state index in [2.05, 4.69) is 15.3 Å². The molecule has 1 N–H and O–H groups in total. The molecule has 3 aromatic rings. The van der Waals surface area contributed by atoms with Gasteiger partial charge in [-0.1, -0.05) is 12.1 Å². The first kappa shape index (κ1) is 26.5. The standard InChI is InChI=1S/C23H18F6N4O3S/c24-15-7-21(33(11-15)37(35,36)17-5-6-18(25)19(26)9-17)22(34)30-10-16-8-20(32-12-31-16)13-1-3-14(4-2-13)23(27,28)29/h1-6,8-9,12,15,21H,7,10-11H2,(H,30,34). The molecule has 1 saturated heterocycles. The van der Waals surface area contributed by atoms with Gasteiger partial charge in [0.2, 0.25) is 15.9 Å². The number of halogens is 6. The van der Waals surface area contributed by atoms with Crippen molar-refractivity contribution in [2.24, 2.45) is 0 Å². The minimum absolute atomic E-state index is 0.221. The third kappa shape index (κ3) is 5.74. The smallest absolute Gasteiger partial charge is 0.349 e. The van der Waals surface area contributed by atoms with E-state index in [0.29, 0.717) is 22.0 Å². The summed E-state index contributed by atoms with van der Waals surface area (Å²) < 4.78 is 106. The molecule has 1 amide bonds. The summed E-state index contributed by atoms with van der Waals surface area (Å²) in [5.74, 6) is -3.52. The molecule has 0 aliphatic carbocycles. The molecule has 14 heteroatoms. The summed E-state index contributed by atoms with van der Waals surface area (Å²) in [6.45, 7) is -0.869. The zero-order chi connectivity index (χ0) is 27.0. The van der Waals surface area contributed by atoms with Crippen molar-refractivity contribution in [3.05, 3.63) is 77.8 Å². The van der Waals surface area contributed by atoms with Gasteiger partial charge >= 0.3 is 6.18 Å². The molecule has 1 aliphatic heterocycles. The Kier molecular flexibility index (Phi) is 7.24. The molecular weight excluding hydrogens is 526 g/mol. The van der Waals surface area contributed by atoms with Crippen LogP contribution in [-0.4, -0.2) is 47.4 Å². The maximum Gasteiger partial charge on any atom is 0.416 e. The number of amides is 1. The van der Waals surface area contributed by atoms with E-state index in [0.717, 1.165) is 24.5 Å². The van der Waals surface area contributed by atoms with Crippen LogP contribution in [0.25, 0.3) is 11.3 Å². The second kappa shape index (κ2) is 10.1. The first-order valence-corrected chi connectivity index (χ1v) is 12.2. The predicted molar refractivity (Wildman–Crippen MR) is 118 cm³/mol. The molecule has 0 radical (unpaired) electrons. The van der Waals surface area contributed by atoms with Crippen LogP contribution in [0.15, 0.2) is 59.8 Å². The number of benzene rings is 2. The highest BCUT2D eigenvalue weighted by Gasteiger charge is 2.44. The summed E-state index contributed by atoms with van der Waals surface area (Å²) in [7, 11) is -4.52. The minimum Gasteiger partial charge on any atom is -0.349 e. The molecule has 1 fully saturated rings. The Bertz CT molecular complexity index is 1420. The summed E-state index contributed by atoms with van der Waals surface area (Å²) in [6.07, 6.45) is -5.47. The Labute approximate surface area is 207 Å². The number of alkyl halides is 4. The average molecular weight is 544 g/mol. The van der Waals surface area contributed by atoms with Crippen molar-refractivity contribution in [1.29, 1.82) is 0 Å². The normalized spacial score (nSPS) is 18.6. The van der Waals surface area contributed by atoms with Gasteiger partial charge in [0.05, 0.1) is 28.4 Å². The van der Waals surface area contributed by atoms with Crippen LogP contribution in [0.3, 0.4) is 0 Å². The largest absolute Gasteiger partial charge is 0.416 e. The molecule has 4 rings (SSSR count). The molecule has 0 saturated carbocycles. The second-order valence-electron chi connectivity index (χ2n) is 8.19. The van der Waals surface area contributed by atoms with Crippen molar-refractivity contribution in [3.63, 3.8) is 0 Å². The Balaban J connectivity index is 1.48. The number of hydrogen-bond acceptors (Lipinski definition) is 5. The molecule has 0 bridgehead atoms. The Morgan fingerprint density at radius 1 is 1.03 bits per heavy atom. The maximum absolute atomic E-state index is 14.2. The summed E-state index contributed by atoms with van der Waals surface area (Å²) in [5.41, 5.74) is 0.0644. The van der Waals surface area contributed by atoms with Crippen LogP contribution in [-0.2, 0) is 27.5 Å². The second-order valence-corrected chi connectivity index (χ2v) is 10.1. The summed E-state index contributed by atoms with van der Waals surface area (Å²) in [6, 6.07) is 6.11. The van der Waals surface area contributed by atoms with Crippen molar-refractivity contribution in [3.8, 4) is 11.3 Å². The maximum atomic E-state index is 14.2. The molecule has 1 aromatic heterocycles. The number of aromatic nitrogens is 2. The van der Waals surface area contributed by atoms with Crippen LogP contribution in [0, 0.1) is 11.6 Å². The van der Waals surface area contributed by atoms with Crippen LogP contribution < -0.4 is 5.32 Å². The summed E-state index contributed by atoms with van der Waals surface area (Å²) in [4.78, 5) is 20.2. The van der Waals surface area contributed by atoms with Crippen molar-refractivity contribution >= 4 is 15.9 Å². The average Bonchev–Trinajstić information content (AvgIpc) is 3.26. The molecule has 7 nitrogen and oxygen atoms in total. The van der Waals surface area contributed by atoms with Gasteiger partial charge in [-0.2, -0.15) is 17.5 Å². The number of rotatable bonds is 6. The van der Waals surface area contributed by atoms with Gasteiger partial charge in [-0.05, 0) is 36.4 Å². The van der Waals surface area contributed by atoms with E-state index in [1.807, 2.05) is 0 Å². The molecule has 196 valence electrons. The van der Waals surface area contributed by atoms with Crippen molar-refractivity contribution in [1.82, 2.24) is 19.6 Å². The lowest BCUT2D eigenvalue weighted by Gasteiger charge is -2.23. The van der Waals surface area contributed by atoms with Crippen LogP contribution >= 0.6 is 0 Å². The number of hydrogen-bond donors (Lipinski definition) is 1. The van der Waals surface area contributed by atoms with Crippen LogP contribution in [0.5, 0.6) is 0 Å². The van der Waals surface area contributed by atoms with E-state index in [9.17, 15) is 39.6 Å². The highest BCUT2D eigenvalue weighted by molar-refractivity contribution is 7.89. The zero-order valence-corrected chi connectivity index (χ0v) is 19.5. The lowest BCUT2D eigenvalue weighted by molar-refractivity contribution is -0.137. The predicted octanol–water partition coefficient (Wildman–Crippen LogP) is 3.86. The Morgan fingerprint density at radius 3 is 2.38 bits per heavy atom. The molecule has 2 atom stereocenters. The fourth-order valence-electron chi connectivity index (χ4n) is 3.81. The molecular formula is C23H18F6N4O3S. The third-order valence-electron chi connectivity index (χ3n) is 5.68. The number of sulfonamides is 1. The number of carbonyl (C=O) groups is 1. The molecule has 2 unspecified atom stereocenters. The molecule has 1 aliphatic rings. The van der Waals surface area contributed by atoms with E-state index >= 15 is 0 Å². The highest BCUT2D eigenvalue weighted by Crippen LogP contribution is 2.31. The van der Waals surface area contributed by atoms with E-state index in [1.165, 1.54) is 18.2 Å². The Morgan fingerprint density at radius 2 is 1.73 bits per heavy atom. The SMILES string of the molecule is O=C(NCc1cc(-c2ccc(C(F)(F)F)cc2)ncn1)C1CC(F)CN1S(=O)(=O)c1ccc(F)c(F)c1. The minimum atomic E-state index is -4.52. The van der Waals surface area contributed by atoms with E-state index in [1.54, 1.807) is 0 Å². The zero-order valence-electron chi connectivity index (χ0n) is 18.7. The highest BCUT2D eigenvalue weighted by atomic mass is 32.2. The monoisotopic (exact) mass is 544 g/mol. The van der Waals surface area contributed by atoms with Crippen LogP contribution in [0.2, 0.25) is 0 Å². The Hall–Kier alpha value is -3.52. The first-order valence-electron chi connectivity index (χ1n) is 10.7. The van der Waals surface area contributed by atoms with Gasteiger partial charge in [-0.3, -0.25) is 4.79 Å². The topological polar surface area (TPSA) is 92.3 Å². The van der Waals surface area contributed by atoms with Crippen molar-refractivity contribution in [2.45, 2.75) is 36.3 Å². The van der Waals surface area contributed by atoms with E-state index in [-0.39, 0.29) is 17.9 Å². The van der Waals surface area contributed by atoms with Gasteiger partial charge in [-0.25, -0.2) is 31.6 Å². The van der Waals surface area contributed by atoms with Gasteiger partial charge in [0.25, 0.3) is 0 Å². The van der Waals surface area contributed by atoms with Crippen LogP contribution in [0.4, 0.5) is 26.3 Å². The van der Waals surface area contributed by atoms with E-state index < -0.39 is 69.4 Å². The van der Waals surface area contributed by atoms with Gasteiger partial charge in [-0.15, -0.1) is 0 Å². The van der Waals surface area contributed by atoms with Crippen molar-refractivity contribution in [2.75, 3.05) is 6.54 Å². The summed E-state index contributed by atoms with van der Waals surface area (Å²) >= 11 is 0. The van der Waals surface area contributed by atoms with Gasteiger partial charge < -0.3 is 5.32 Å². The third-order valence-corrected chi connectivity index (χ3v) is 7.55.